The molecule has 1 atom stereocenters. The Kier molecular flexibility index (Phi) is 4.37. The number of aromatic nitrogens is 2. The molecule has 2 aromatic rings. The van der Waals surface area contributed by atoms with Gasteiger partial charge in [-0.3, -0.25) is 14.4 Å². The predicted octanol–water partition coefficient (Wildman–Crippen LogP) is 3.60. The summed E-state index contributed by atoms with van der Waals surface area (Å²) in [6, 6.07) is 6.22. The maximum absolute atomic E-state index is 12.5. The first kappa shape index (κ1) is 17.6. The Morgan fingerprint density at radius 2 is 2.00 bits per heavy atom. The maximum atomic E-state index is 12.5. The van der Waals surface area contributed by atoms with Crippen molar-refractivity contribution in [3.05, 3.63) is 30.6 Å². The van der Waals surface area contributed by atoms with Crippen LogP contribution in [0.4, 0.5) is 16.2 Å². The molecule has 142 valence electrons. The van der Waals surface area contributed by atoms with Crippen molar-refractivity contribution >= 4 is 23.4 Å². The highest BCUT2D eigenvalue weighted by atomic mass is 16.6. The van der Waals surface area contributed by atoms with E-state index in [1.807, 2.05) is 42.2 Å². The molecule has 27 heavy (non-hydrogen) atoms. The molecular weight excluding hydrogens is 344 g/mol. The average molecular weight is 368 g/mol. The standard InChI is InChI=1S/C20H24N4O3/c1-4-27-20(26)22-11-13(2)24(14(3)25)18-8-5-15(9-19(18)22)16-10-21-23(12-16)17-6-7-17/h5,8-10,12-13,17H,4,6-7,11H2,1-3H3/t13-/m0/s1. The van der Waals surface area contributed by atoms with E-state index in [1.165, 1.54) is 12.8 Å². The number of anilines is 2. The largest absolute Gasteiger partial charge is 0.449 e. The van der Waals surface area contributed by atoms with E-state index in [2.05, 4.69) is 5.10 Å². The number of rotatable bonds is 3. The van der Waals surface area contributed by atoms with Gasteiger partial charge < -0.3 is 9.64 Å². The Labute approximate surface area is 158 Å². The van der Waals surface area contributed by atoms with E-state index in [-0.39, 0.29) is 18.0 Å². The number of hydrogen-bond acceptors (Lipinski definition) is 4. The number of amides is 2. The molecule has 2 heterocycles. The topological polar surface area (TPSA) is 67.7 Å². The van der Waals surface area contributed by atoms with Crippen molar-refractivity contribution in [1.29, 1.82) is 0 Å². The fraction of sp³-hybridized carbons (Fsp3) is 0.450. The third kappa shape index (κ3) is 3.18. The number of fused-ring (bicyclic) bond motifs is 1. The minimum absolute atomic E-state index is 0.0402. The summed E-state index contributed by atoms with van der Waals surface area (Å²) in [5, 5.41) is 4.45. The van der Waals surface area contributed by atoms with Crippen LogP contribution in [0.5, 0.6) is 0 Å². The van der Waals surface area contributed by atoms with E-state index in [0.717, 1.165) is 16.8 Å². The monoisotopic (exact) mass is 368 g/mol. The summed E-state index contributed by atoms with van der Waals surface area (Å²) >= 11 is 0. The number of carbonyl (C=O) groups is 2. The molecule has 0 N–H and O–H groups in total. The fourth-order valence-electron chi connectivity index (χ4n) is 3.68. The van der Waals surface area contributed by atoms with Gasteiger partial charge in [0, 0.05) is 25.2 Å². The second-order valence-corrected chi connectivity index (χ2v) is 7.19. The van der Waals surface area contributed by atoms with Crippen LogP contribution in [0.15, 0.2) is 30.6 Å². The minimum Gasteiger partial charge on any atom is -0.449 e. The quantitative estimate of drug-likeness (QED) is 0.830. The van der Waals surface area contributed by atoms with Crippen LogP contribution in [0, 0.1) is 0 Å². The summed E-state index contributed by atoms with van der Waals surface area (Å²) in [5.41, 5.74) is 3.39. The molecule has 1 aromatic heterocycles. The first-order chi connectivity index (χ1) is 13.0. The molecular formula is C20H24N4O3. The van der Waals surface area contributed by atoms with Crippen LogP contribution < -0.4 is 9.80 Å². The van der Waals surface area contributed by atoms with Gasteiger partial charge in [0.15, 0.2) is 0 Å². The molecule has 2 aliphatic rings. The van der Waals surface area contributed by atoms with Gasteiger partial charge in [-0.15, -0.1) is 0 Å². The van der Waals surface area contributed by atoms with Crippen LogP contribution in [-0.4, -0.2) is 41.0 Å². The van der Waals surface area contributed by atoms with Crippen molar-refractivity contribution in [2.75, 3.05) is 23.0 Å². The second kappa shape index (κ2) is 6.72. The summed E-state index contributed by atoms with van der Waals surface area (Å²) in [7, 11) is 0. The molecule has 1 saturated carbocycles. The molecule has 1 fully saturated rings. The Hall–Kier alpha value is -2.83. The first-order valence-electron chi connectivity index (χ1n) is 9.42. The molecule has 1 aliphatic carbocycles. The van der Waals surface area contributed by atoms with Gasteiger partial charge in [-0.2, -0.15) is 5.10 Å². The van der Waals surface area contributed by atoms with Gasteiger partial charge in [0.05, 0.1) is 36.3 Å². The zero-order valence-corrected chi connectivity index (χ0v) is 15.9. The van der Waals surface area contributed by atoms with Gasteiger partial charge in [-0.25, -0.2) is 4.79 Å². The summed E-state index contributed by atoms with van der Waals surface area (Å²) in [6.07, 6.45) is 5.85. The van der Waals surface area contributed by atoms with Crippen molar-refractivity contribution in [2.45, 2.75) is 45.7 Å². The van der Waals surface area contributed by atoms with E-state index in [0.29, 0.717) is 24.9 Å². The molecule has 4 rings (SSSR count). The number of carbonyl (C=O) groups excluding carboxylic acids is 2. The molecule has 0 bridgehead atoms. The predicted molar refractivity (Wildman–Crippen MR) is 103 cm³/mol. The van der Waals surface area contributed by atoms with Crippen LogP contribution in [0.1, 0.15) is 39.7 Å². The van der Waals surface area contributed by atoms with Crippen LogP contribution in [-0.2, 0) is 9.53 Å². The summed E-state index contributed by atoms with van der Waals surface area (Å²) in [5.74, 6) is -0.0402. The molecule has 1 aliphatic heterocycles. The Balaban J connectivity index is 1.76. The van der Waals surface area contributed by atoms with Gasteiger partial charge >= 0.3 is 6.09 Å². The first-order valence-corrected chi connectivity index (χ1v) is 9.42. The van der Waals surface area contributed by atoms with E-state index in [9.17, 15) is 9.59 Å². The average Bonchev–Trinajstić information content (AvgIpc) is 3.37. The van der Waals surface area contributed by atoms with Gasteiger partial charge in [0.1, 0.15) is 0 Å². The lowest BCUT2D eigenvalue weighted by molar-refractivity contribution is -0.117. The Morgan fingerprint density at radius 3 is 2.67 bits per heavy atom. The molecule has 0 radical (unpaired) electrons. The Bertz CT molecular complexity index is 887. The van der Waals surface area contributed by atoms with Crippen molar-refractivity contribution in [3.8, 4) is 11.1 Å². The minimum atomic E-state index is -0.389. The van der Waals surface area contributed by atoms with Crippen LogP contribution >= 0.6 is 0 Å². The van der Waals surface area contributed by atoms with Gasteiger partial charge in [-0.1, -0.05) is 6.07 Å². The molecule has 1 aromatic carbocycles. The third-order valence-electron chi connectivity index (χ3n) is 5.10. The molecule has 0 spiro atoms. The zero-order chi connectivity index (χ0) is 19.1. The molecule has 7 nitrogen and oxygen atoms in total. The van der Waals surface area contributed by atoms with E-state index >= 15 is 0 Å². The normalized spacial score (nSPS) is 19.0. The highest BCUT2D eigenvalue weighted by Gasteiger charge is 2.34. The highest BCUT2D eigenvalue weighted by molar-refractivity contribution is 6.03. The summed E-state index contributed by atoms with van der Waals surface area (Å²) < 4.78 is 7.24. The van der Waals surface area contributed by atoms with E-state index in [4.69, 9.17) is 4.74 Å². The molecule has 0 unspecified atom stereocenters. The zero-order valence-electron chi connectivity index (χ0n) is 15.9. The van der Waals surface area contributed by atoms with Crippen LogP contribution in [0.2, 0.25) is 0 Å². The smallest absolute Gasteiger partial charge is 0.414 e. The van der Waals surface area contributed by atoms with E-state index < -0.39 is 0 Å². The summed E-state index contributed by atoms with van der Waals surface area (Å²) in [6.45, 7) is 5.98. The van der Waals surface area contributed by atoms with Crippen molar-refractivity contribution < 1.29 is 14.3 Å². The van der Waals surface area contributed by atoms with Gasteiger partial charge in [-0.05, 0) is 44.4 Å². The maximum Gasteiger partial charge on any atom is 0.414 e. The third-order valence-corrected chi connectivity index (χ3v) is 5.10. The van der Waals surface area contributed by atoms with E-state index in [1.54, 1.807) is 23.6 Å². The van der Waals surface area contributed by atoms with Gasteiger partial charge in [0.25, 0.3) is 0 Å². The number of nitrogens with zero attached hydrogens (tertiary/aromatic N) is 4. The number of hydrogen-bond donors (Lipinski definition) is 0. The highest BCUT2D eigenvalue weighted by Crippen LogP contribution is 2.40. The SMILES string of the molecule is CCOC(=O)N1C[C@H](C)N(C(C)=O)c2ccc(-c3cnn(C4CC4)c3)cc21. The summed E-state index contributed by atoms with van der Waals surface area (Å²) in [4.78, 5) is 28.1. The lowest BCUT2D eigenvalue weighted by Gasteiger charge is -2.40. The van der Waals surface area contributed by atoms with Crippen LogP contribution in [0.25, 0.3) is 11.1 Å². The van der Waals surface area contributed by atoms with Crippen molar-refractivity contribution in [1.82, 2.24) is 9.78 Å². The van der Waals surface area contributed by atoms with Crippen molar-refractivity contribution in [2.24, 2.45) is 0 Å². The number of ether oxygens (including phenoxy) is 1. The lowest BCUT2D eigenvalue weighted by atomic mass is 10.0. The molecule has 0 saturated heterocycles. The molecule has 2 amide bonds. The fourth-order valence-corrected chi connectivity index (χ4v) is 3.68. The van der Waals surface area contributed by atoms with Crippen molar-refractivity contribution in [3.63, 3.8) is 0 Å². The molecule has 7 heteroatoms. The van der Waals surface area contributed by atoms with Gasteiger partial charge in [0.2, 0.25) is 5.91 Å². The second-order valence-electron chi connectivity index (χ2n) is 7.19. The number of benzene rings is 1. The Morgan fingerprint density at radius 1 is 1.22 bits per heavy atom. The van der Waals surface area contributed by atoms with Crippen LogP contribution in [0.3, 0.4) is 0 Å². The lowest BCUT2D eigenvalue weighted by Crippen LogP contribution is -2.51.